The van der Waals surface area contributed by atoms with Crippen molar-refractivity contribution in [1.82, 2.24) is 4.31 Å². The molecule has 1 aromatic carbocycles. The Labute approximate surface area is 119 Å². The van der Waals surface area contributed by atoms with E-state index in [4.69, 9.17) is 17.3 Å². The van der Waals surface area contributed by atoms with Gasteiger partial charge in [0.2, 0.25) is 10.0 Å². The summed E-state index contributed by atoms with van der Waals surface area (Å²) in [5, 5.41) is 0.475. The van der Waals surface area contributed by atoms with Crippen LogP contribution in [0.15, 0.2) is 23.1 Å². The Hall–Kier alpha value is -0.620. The molecule has 4 nitrogen and oxygen atoms in total. The lowest BCUT2D eigenvalue weighted by molar-refractivity contribution is 0.404. The maximum atomic E-state index is 12.7. The van der Waals surface area contributed by atoms with E-state index in [0.29, 0.717) is 28.6 Å². The zero-order chi connectivity index (χ0) is 14.2. The fourth-order valence-electron chi connectivity index (χ4n) is 2.61. The third kappa shape index (κ3) is 2.65. The minimum atomic E-state index is -3.49. The van der Waals surface area contributed by atoms with Gasteiger partial charge in [-0.15, -0.1) is 0 Å². The summed E-state index contributed by atoms with van der Waals surface area (Å²) < 4.78 is 27.0. The highest BCUT2D eigenvalue weighted by molar-refractivity contribution is 7.89. The molecule has 2 atom stereocenters. The molecule has 1 heterocycles. The van der Waals surface area contributed by atoms with E-state index in [1.165, 1.54) is 0 Å². The van der Waals surface area contributed by atoms with Crippen LogP contribution in [-0.2, 0) is 10.0 Å². The minimum absolute atomic E-state index is 0.0167. The first-order valence-electron chi connectivity index (χ1n) is 6.35. The lowest BCUT2D eigenvalue weighted by Crippen LogP contribution is -2.34. The van der Waals surface area contributed by atoms with E-state index in [9.17, 15) is 8.42 Å². The molecule has 1 aliphatic heterocycles. The number of hydrogen-bond donors (Lipinski definition) is 1. The van der Waals surface area contributed by atoms with Gasteiger partial charge < -0.3 is 5.73 Å². The van der Waals surface area contributed by atoms with Crippen LogP contribution in [0.3, 0.4) is 0 Å². The Morgan fingerprint density at radius 3 is 2.74 bits per heavy atom. The van der Waals surface area contributed by atoms with Crippen molar-refractivity contribution >= 4 is 21.6 Å². The zero-order valence-corrected chi connectivity index (χ0v) is 12.7. The molecule has 6 heteroatoms. The molecule has 0 amide bonds. The molecule has 1 aromatic rings. The number of halogens is 1. The van der Waals surface area contributed by atoms with Crippen molar-refractivity contribution < 1.29 is 8.42 Å². The van der Waals surface area contributed by atoms with Gasteiger partial charge >= 0.3 is 0 Å². The van der Waals surface area contributed by atoms with Gasteiger partial charge in [0.1, 0.15) is 0 Å². The second-order valence-electron chi connectivity index (χ2n) is 5.12. The van der Waals surface area contributed by atoms with E-state index in [2.05, 4.69) is 0 Å². The number of benzene rings is 1. The van der Waals surface area contributed by atoms with Crippen molar-refractivity contribution in [3.05, 3.63) is 28.8 Å². The highest BCUT2D eigenvalue weighted by Crippen LogP contribution is 2.32. The molecule has 106 valence electrons. The van der Waals surface area contributed by atoms with E-state index in [1.54, 1.807) is 29.4 Å². The molecule has 1 fully saturated rings. The van der Waals surface area contributed by atoms with Crippen LogP contribution in [0.1, 0.15) is 18.9 Å². The molecule has 0 radical (unpaired) electrons. The molecule has 0 spiro atoms. The Morgan fingerprint density at radius 1 is 1.47 bits per heavy atom. The highest BCUT2D eigenvalue weighted by atomic mass is 35.5. The topological polar surface area (TPSA) is 63.4 Å². The van der Waals surface area contributed by atoms with Crippen LogP contribution in [0.2, 0.25) is 5.02 Å². The average molecular weight is 303 g/mol. The van der Waals surface area contributed by atoms with Gasteiger partial charge in [-0.25, -0.2) is 8.42 Å². The Bertz CT molecular complexity index is 574. The van der Waals surface area contributed by atoms with Crippen LogP contribution in [0.25, 0.3) is 0 Å². The smallest absolute Gasteiger partial charge is 0.243 e. The molecule has 2 unspecified atom stereocenters. The fraction of sp³-hybridized carbons (Fsp3) is 0.538. The summed E-state index contributed by atoms with van der Waals surface area (Å²) in [5.74, 6) is 0.240. The van der Waals surface area contributed by atoms with E-state index in [1.807, 2.05) is 6.92 Å². The van der Waals surface area contributed by atoms with Crippen LogP contribution in [0.5, 0.6) is 0 Å². The SMILES string of the molecule is Cc1c(Cl)cccc1S(=O)(=O)N1CC(CN)CC1C. The quantitative estimate of drug-likeness (QED) is 0.929. The van der Waals surface area contributed by atoms with Crippen molar-refractivity contribution in [1.29, 1.82) is 0 Å². The highest BCUT2D eigenvalue weighted by Gasteiger charge is 2.37. The maximum Gasteiger partial charge on any atom is 0.243 e. The predicted octanol–water partition coefficient (Wildman–Crippen LogP) is 2.01. The first-order valence-corrected chi connectivity index (χ1v) is 8.16. The molecule has 2 N–H and O–H groups in total. The molecule has 0 bridgehead atoms. The van der Waals surface area contributed by atoms with Crippen LogP contribution in [0.4, 0.5) is 0 Å². The van der Waals surface area contributed by atoms with Crippen molar-refractivity contribution in [2.24, 2.45) is 11.7 Å². The van der Waals surface area contributed by atoms with Crippen molar-refractivity contribution in [3.63, 3.8) is 0 Å². The fourth-order valence-corrected chi connectivity index (χ4v) is 4.81. The Balaban J connectivity index is 2.41. The summed E-state index contributed by atoms with van der Waals surface area (Å²) in [5.41, 5.74) is 6.26. The number of sulfonamides is 1. The van der Waals surface area contributed by atoms with Gasteiger partial charge in [-0.2, -0.15) is 4.31 Å². The van der Waals surface area contributed by atoms with Crippen LogP contribution in [-0.4, -0.2) is 31.9 Å². The van der Waals surface area contributed by atoms with Gasteiger partial charge in [0.15, 0.2) is 0 Å². The lowest BCUT2D eigenvalue weighted by Gasteiger charge is -2.22. The second kappa shape index (κ2) is 5.40. The molecule has 0 aromatic heterocycles. The summed E-state index contributed by atoms with van der Waals surface area (Å²) in [7, 11) is -3.49. The molecular formula is C13H19ClN2O2S. The van der Waals surface area contributed by atoms with Gasteiger partial charge in [0.05, 0.1) is 4.90 Å². The van der Waals surface area contributed by atoms with Crippen LogP contribution in [0, 0.1) is 12.8 Å². The normalized spacial score (nSPS) is 24.8. The van der Waals surface area contributed by atoms with Gasteiger partial charge in [-0.1, -0.05) is 17.7 Å². The molecule has 2 rings (SSSR count). The Morgan fingerprint density at radius 2 is 2.16 bits per heavy atom. The minimum Gasteiger partial charge on any atom is -0.330 e. The first kappa shape index (κ1) is 14.8. The summed E-state index contributed by atoms with van der Waals surface area (Å²) in [6.07, 6.45) is 0.815. The van der Waals surface area contributed by atoms with Crippen molar-refractivity contribution in [2.45, 2.75) is 31.2 Å². The van der Waals surface area contributed by atoms with E-state index in [0.717, 1.165) is 6.42 Å². The van der Waals surface area contributed by atoms with Gasteiger partial charge in [-0.05, 0) is 50.4 Å². The van der Waals surface area contributed by atoms with Gasteiger partial charge in [0.25, 0.3) is 0 Å². The molecular weight excluding hydrogens is 284 g/mol. The average Bonchev–Trinajstić information content (AvgIpc) is 2.74. The number of nitrogens with two attached hydrogens (primary N) is 1. The van der Waals surface area contributed by atoms with Crippen LogP contribution >= 0.6 is 11.6 Å². The van der Waals surface area contributed by atoms with Crippen molar-refractivity contribution in [3.8, 4) is 0 Å². The monoisotopic (exact) mass is 302 g/mol. The van der Waals surface area contributed by atoms with E-state index in [-0.39, 0.29) is 12.0 Å². The molecule has 0 aliphatic carbocycles. The summed E-state index contributed by atoms with van der Waals surface area (Å²) in [6, 6.07) is 4.96. The summed E-state index contributed by atoms with van der Waals surface area (Å²) >= 11 is 6.02. The predicted molar refractivity (Wildman–Crippen MR) is 76.7 cm³/mol. The maximum absolute atomic E-state index is 12.7. The van der Waals surface area contributed by atoms with E-state index < -0.39 is 10.0 Å². The summed E-state index contributed by atoms with van der Waals surface area (Å²) in [4.78, 5) is 0.296. The largest absolute Gasteiger partial charge is 0.330 e. The van der Waals surface area contributed by atoms with Crippen molar-refractivity contribution in [2.75, 3.05) is 13.1 Å². The lowest BCUT2D eigenvalue weighted by atomic mass is 10.1. The Kier molecular flexibility index (Phi) is 4.20. The second-order valence-corrected chi connectivity index (χ2v) is 7.39. The van der Waals surface area contributed by atoms with Gasteiger partial charge in [0, 0.05) is 17.6 Å². The number of hydrogen-bond acceptors (Lipinski definition) is 3. The third-order valence-electron chi connectivity index (χ3n) is 3.74. The van der Waals surface area contributed by atoms with Crippen LogP contribution < -0.4 is 5.73 Å². The van der Waals surface area contributed by atoms with Gasteiger partial charge in [-0.3, -0.25) is 0 Å². The van der Waals surface area contributed by atoms with E-state index >= 15 is 0 Å². The molecule has 0 saturated carbocycles. The standard InChI is InChI=1S/C13H19ClN2O2S/c1-9-6-11(7-15)8-16(9)19(17,18)13-5-3-4-12(14)10(13)2/h3-5,9,11H,6-8,15H2,1-2H3. The molecule has 1 aliphatic rings. The summed E-state index contributed by atoms with van der Waals surface area (Å²) in [6.45, 7) is 4.67. The number of nitrogens with zero attached hydrogens (tertiary/aromatic N) is 1. The molecule has 19 heavy (non-hydrogen) atoms. The molecule has 1 saturated heterocycles. The first-order chi connectivity index (χ1) is 8.87. The zero-order valence-electron chi connectivity index (χ0n) is 11.1. The third-order valence-corrected chi connectivity index (χ3v) is 6.28. The number of rotatable bonds is 3.